The molecule has 4 nitrogen and oxygen atoms in total. The summed E-state index contributed by atoms with van der Waals surface area (Å²) in [5.74, 6) is 0.892. The third-order valence-electron chi connectivity index (χ3n) is 5.80. The highest BCUT2D eigenvalue weighted by atomic mass is 16.5. The van der Waals surface area contributed by atoms with Crippen LogP contribution in [-0.4, -0.2) is 17.6 Å². The van der Waals surface area contributed by atoms with Crippen molar-refractivity contribution >= 4 is 12.0 Å². The Hall–Kier alpha value is -4.70. The van der Waals surface area contributed by atoms with Gasteiger partial charge in [0.15, 0.2) is 5.76 Å². The summed E-state index contributed by atoms with van der Waals surface area (Å²) < 4.78 is 11.5. The van der Waals surface area contributed by atoms with Crippen LogP contribution in [-0.2, 0) is 9.53 Å². The van der Waals surface area contributed by atoms with Crippen molar-refractivity contribution in [2.24, 2.45) is 0 Å². The lowest BCUT2D eigenvalue weighted by molar-refractivity contribution is -0.137. The summed E-state index contributed by atoms with van der Waals surface area (Å²) in [6.07, 6.45) is 3.24. The minimum absolute atomic E-state index is 0.339. The first-order chi connectivity index (χ1) is 17.7. The average Bonchev–Trinajstić information content (AvgIpc) is 3.39. The van der Waals surface area contributed by atoms with Gasteiger partial charge in [-0.3, -0.25) is 0 Å². The number of rotatable bonds is 7. The number of carbonyl (C=O) groups is 1. The topological polar surface area (TPSA) is 52.3 Å². The van der Waals surface area contributed by atoms with E-state index in [-0.39, 0.29) is 5.97 Å². The fourth-order valence-electron chi connectivity index (χ4n) is 4.15. The monoisotopic (exact) mass is 471 g/mol. The highest BCUT2D eigenvalue weighted by Gasteiger charge is 2.20. The quantitative estimate of drug-likeness (QED) is 0.179. The molecule has 36 heavy (non-hydrogen) atoms. The minimum Gasteiger partial charge on any atom is -0.463 e. The molecule has 4 heteroatoms. The molecule has 0 aliphatic rings. The van der Waals surface area contributed by atoms with Crippen LogP contribution < -0.4 is 0 Å². The predicted molar refractivity (Wildman–Crippen MR) is 144 cm³/mol. The van der Waals surface area contributed by atoms with E-state index in [9.17, 15) is 4.79 Å². The number of esters is 1. The zero-order valence-electron chi connectivity index (χ0n) is 19.9. The van der Waals surface area contributed by atoms with Crippen LogP contribution in [0, 0.1) is 0 Å². The number of benzene rings is 4. The van der Waals surface area contributed by atoms with E-state index < -0.39 is 0 Å². The summed E-state index contributed by atoms with van der Waals surface area (Å²) >= 11 is 0. The number of nitrogens with zero attached hydrogens (tertiary/aromatic N) is 1. The van der Waals surface area contributed by atoms with E-state index in [0.717, 1.165) is 44.8 Å². The third kappa shape index (κ3) is 4.89. The summed E-state index contributed by atoms with van der Waals surface area (Å²) in [5.41, 5.74) is 6.44. The normalized spacial score (nSPS) is 11.0. The summed E-state index contributed by atoms with van der Waals surface area (Å²) in [6.45, 7) is 2.13. The van der Waals surface area contributed by atoms with Gasteiger partial charge in [0.25, 0.3) is 0 Å². The molecule has 1 heterocycles. The molecule has 0 radical (unpaired) electrons. The van der Waals surface area contributed by atoms with Gasteiger partial charge < -0.3 is 9.15 Å². The maximum absolute atomic E-state index is 11.9. The molecule has 5 rings (SSSR count). The molecular weight excluding hydrogens is 446 g/mol. The summed E-state index contributed by atoms with van der Waals surface area (Å²) in [5, 5.41) is 0. The molecule has 0 saturated heterocycles. The highest BCUT2D eigenvalue weighted by molar-refractivity contribution is 5.91. The molecule has 176 valence electrons. The molecule has 0 atom stereocenters. The number of ether oxygens (including phenoxy) is 1. The van der Waals surface area contributed by atoms with Crippen molar-refractivity contribution < 1.29 is 13.9 Å². The second kappa shape index (κ2) is 10.7. The molecule has 0 N–H and O–H groups in total. The van der Waals surface area contributed by atoms with Gasteiger partial charge in [-0.25, -0.2) is 9.78 Å². The van der Waals surface area contributed by atoms with Crippen LogP contribution in [0.1, 0.15) is 12.5 Å². The van der Waals surface area contributed by atoms with E-state index >= 15 is 0 Å². The number of oxazole rings is 1. The van der Waals surface area contributed by atoms with Gasteiger partial charge in [-0.15, -0.1) is 0 Å². The molecule has 0 fully saturated rings. The van der Waals surface area contributed by atoms with Gasteiger partial charge in [0.2, 0.25) is 5.89 Å². The highest BCUT2D eigenvalue weighted by Crippen LogP contribution is 2.39. The minimum atomic E-state index is -0.367. The van der Waals surface area contributed by atoms with E-state index in [1.54, 1.807) is 13.0 Å². The Balaban J connectivity index is 1.64. The first-order valence-electron chi connectivity index (χ1n) is 11.9. The number of hydrogen-bond acceptors (Lipinski definition) is 4. The number of carbonyl (C=O) groups excluding carboxylic acids is 1. The predicted octanol–water partition coefficient (Wildman–Crippen LogP) is 7.92. The number of hydrogen-bond donors (Lipinski definition) is 0. The Labute approximate surface area is 210 Å². The number of aromatic nitrogens is 1. The van der Waals surface area contributed by atoms with Crippen molar-refractivity contribution in [1.29, 1.82) is 0 Å². The van der Waals surface area contributed by atoms with Gasteiger partial charge in [-0.05, 0) is 35.8 Å². The van der Waals surface area contributed by atoms with Crippen LogP contribution in [0.5, 0.6) is 0 Å². The molecule has 0 bridgehead atoms. The van der Waals surface area contributed by atoms with Crippen LogP contribution in [0.25, 0.3) is 51.2 Å². The maximum Gasteiger partial charge on any atom is 0.330 e. The molecular formula is C32H25NO3. The lowest BCUT2D eigenvalue weighted by Crippen LogP contribution is -1.98. The fourth-order valence-corrected chi connectivity index (χ4v) is 4.15. The van der Waals surface area contributed by atoms with Crippen LogP contribution in [0.15, 0.2) is 120 Å². The second-order valence-corrected chi connectivity index (χ2v) is 8.15. The Morgan fingerprint density at radius 3 is 2.03 bits per heavy atom. The van der Waals surface area contributed by atoms with Crippen molar-refractivity contribution in [3.63, 3.8) is 0 Å². The van der Waals surface area contributed by atoms with Crippen LogP contribution in [0.2, 0.25) is 0 Å². The van der Waals surface area contributed by atoms with E-state index in [0.29, 0.717) is 12.5 Å². The Bertz CT molecular complexity index is 1440. The smallest absolute Gasteiger partial charge is 0.330 e. The van der Waals surface area contributed by atoms with Crippen LogP contribution in [0.3, 0.4) is 0 Å². The van der Waals surface area contributed by atoms with Crippen molar-refractivity contribution in [1.82, 2.24) is 4.98 Å². The first kappa shape index (κ1) is 23.1. The largest absolute Gasteiger partial charge is 0.463 e. The Kier molecular flexibility index (Phi) is 6.86. The lowest BCUT2D eigenvalue weighted by atomic mass is 9.95. The van der Waals surface area contributed by atoms with Gasteiger partial charge >= 0.3 is 5.97 Å². The molecule has 1 aromatic heterocycles. The summed E-state index contributed by atoms with van der Waals surface area (Å²) in [4.78, 5) is 16.9. The van der Waals surface area contributed by atoms with Crippen LogP contribution >= 0.6 is 0 Å². The zero-order valence-corrected chi connectivity index (χ0v) is 19.9. The maximum atomic E-state index is 11.9. The molecule has 0 saturated carbocycles. The van der Waals surface area contributed by atoms with Gasteiger partial charge in [0, 0.05) is 22.8 Å². The van der Waals surface area contributed by atoms with E-state index in [4.69, 9.17) is 14.1 Å². The van der Waals surface area contributed by atoms with Crippen molar-refractivity contribution in [3.8, 4) is 45.2 Å². The van der Waals surface area contributed by atoms with Crippen LogP contribution in [0.4, 0.5) is 0 Å². The standard InChI is InChI=1S/C32H25NO3/c1-2-35-29(34)22-21-23-13-9-10-18-26(23)27-19-11-12-20-28(27)32-33-30(24-14-5-3-6-15-24)31(36-32)25-16-7-4-8-17-25/h3-22H,2H2,1H3/b22-21+. The van der Waals surface area contributed by atoms with Crippen molar-refractivity contribution in [3.05, 3.63) is 121 Å². The van der Waals surface area contributed by atoms with E-state index in [1.165, 1.54) is 6.08 Å². The van der Waals surface area contributed by atoms with E-state index in [1.807, 2.05) is 109 Å². The SMILES string of the molecule is CCOC(=O)/C=C/c1ccccc1-c1ccccc1-c1nc(-c2ccccc2)c(-c2ccccc2)o1. The lowest BCUT2D eigenvalue weighted by Gasteiger charge is -2.10. The first-order valence-corrected chi connectivity index (χ1v) is 11.9. The van der Waals surface area contributed by atoms with Crippen molar-refractivity contribution in [2.45, 2.75) is 6.92 Å². The Morgan fingerprint density at radius 1 is 0.750 bits per heavy atom. The second-order valence-electron chi connectivity index (χ2n) is 8.15. The fraction of sp³-hybridized carbons (Fsp3) is 0.0625. The van der Waals surface area contributed by atoms with Gasteiger partial charge in [-0.2, -0.15) is 0 Å². The van der Waals surface area contributed by atoms with Gasteiger partial charge in [-0.1, -0.05) is 103 Å². The molecule has 0 aliphatic carbocycles. The average molecular weight is 472 g/mol. The Morgan fingerprint density at radius 2 is 1.33 bits per heavy atom. The molecule has 4 aromatic carbocycles. The summed E-state index contributed by atoms with van der Waals surface area (Å²) in [7, 11) is 0. The molecule has 0 unspecified atom stereocenters. The molecule has 0 spiro atoms. The molecule has 0 aliphatic heterocycles. The van der Waals surface area contributed by atoms with E-state index in [2.05, 4.69) is 0 Å². The summed E-state index contributed by atoms with van der Waals surface area (Å²) in [6, 6.07) is 36.0. The van der Waals surface area contributed by atoms with Gasteiger partial charge in [0.05, 0.1) is 6.61 Å². The molecule has 5 aromatic rings. The zero-order chi connectivity index (χ0) is 24.7. The third-order valence-corrected chi connectivity index (χ3v) is 5.80. The van der Waals surface area contributed by atoms with Crippen molar-refractivity contribution in [2.75, 3.05) is 6.61 Å². The van der Waals surface area contributed by atoms with Gasteiger partial charge in [0.1, 0.15) is 5.69 Å². The molecule has 0 amide bonds.